The van der Waals surface area contributed by atoms with Crippen molar-refractivity contribution in [1.29, 1.82) is 0 Å². The predicted molar refractivity (Wildman–Crippen MR) is 52.1 cm³/mol. The van der Waals surface area contributed by atoms with Crippen molar-refractivity contribution in [2.45, 2.75) is 13.1 Å². The van der Waals surface area contributed by atoms with Crippen LogP contribution in [0.3, 0.4) is 0 Å². The van der Waals surface area contributed by atoms with E-state index in [9.17, 15) is 18.0 Å². The first-order valence-electron chi connectivity index (χ1n) is 4.46. The summed E-state index contributed by atoms with van der Waals surface area (Å²) < 4.78 is 37.9. The van der Waals surface area contributed by atoms with Crippen LogP contribution < -0.4 is 5.69 Å². The van der Waals surface area contributed by atoms with Gasteiger partial charge >= 0.3 is 11.9 Å². The second kappa shape index (κ2) is 3.33. The van der Waals surface area contributed by atoms with Crippen LogP contribution in [0.4, 0.5) is 13.2 Å². The lowest BCUT2D eigenvalue weighted by Crippen LogP contribution is -2.15. The van der Waals surface area contributed by atoms with E-state index in [2.05, 4.69) is 9.97 Å². The predicted octanol–water partition coefficient (Wildman–Crippen LogP) is 2.25. The van der Waals surface area contributed by atoms with Gasteiger partial charge in [-0.2, -0.15) is 18.2 Å². The van der Waals surface area contributed by atoms with E-state index in [1.807, 2.05) is 0 Å². The molecule has 0 aliphatic heterocycles. The van der Waals surface area contributed by atoms with Gasteiger partial charge in [-0.15, -0.1) is 0 Å². The number of aromatic nitrogens is 2. The smallest absolute Gasteiger partial charge is 0.309 e. The number of alkyl halides is 3. The molecule has 1 N–H and O–H groups in total. The molecule has 6 heteroatoms. The van der Waals surface area contributed by atoms with Crippen molar-refractivity contribution in [3.63, 3.8) is 0 Å². The molecule has 84 valence electrons. The molecule has 3 nitrogen and oxygen atoms in total. The van der Waals surface area contributed by atoms with E-state index in [4.69, 9.17) is 0 Å². The van der Waals surface area contributed by atoms with E-state index in [1.54, 1.807) is 0 Å². The molecular weight excluding hydrogens is 221 g/mol. The van der Waals surface area contributed by atoms with Gasteiger partial charge in [0.25, 0.3) is 0 Å². The second-order valence-electron chi connectivity index (χ2n) is 3.37. The highest BCUT2D eigenvalue weighted by molar-refractivity contribution is 5.83. The zero-order valence-corrected chi connectivity index (χ0v) is 8.22. The van der Waals surface area contributed by atoms with E-state index in [0.29, 0.717) is 11.1 Å². The number of aromatic amines is 1. The van der Waals surface area contributed by atoms with Gasteiger partial charge in [0.1, 0.15) is 0 Å². The Morgan fingerprint density at radius 3 is 2.62 bits per heavy atom. The molecule has 1 heterocycles. The third kappa shape index (κ3) is 1.66. The van der Waals surface area contributed by atoms with Gasteiger partial charge in [-0.25, -0.2) is 4.79 Å². The summed E-state index contributed by atoms with van der Waals surface area (Å²) in [6.45, 7) is 1.53. The van der Waals surface area contributed by atoms with E-state index in [-0.39, 0.29) is 5.52 Å². The maximum atomic E-state index is 12.6. The number of hydrogen-bond donors (Lipinski definition) is 1. The normalized spacial score (nSPS) is 12.0. The van der Waals surface area contributed by atoms with Crippen molar-refractivity contribution in [2.75, 3.05) is 0 Å². The molecule has 0 spiro atoms. The molecule has 16 heavy (non-hydrogen) atoms. The minimum atomic E-state index is -4.51. The van der Waals surface area contributed by atoms with Crippen molar-refractivity contribution in [2.24, 2.45) is 0 Å². The van der Waals surface area contributed by atoms with Crippen LogP contribution in [0.1, 0.15) is 11.3 Å². The van der Waals surface area contributed by atoms with Crippen LogP contribution in [0, 0.1) is 6.92 Å². The molecular formula is C10H7F3N2O. The number of hydrogen-bond acceptors (Lipinski definition) is 2. The van der Waals surface area contributed by atoms with Gasteiger partial charge in [-0.3, -0.25) is 0 Å². The van der Waals surface area contributed by atoms with Crippen molar-refractivity contribution in [1.82, 2.24) is 9.97 Å². The first-order valence-corrected chi connectivity index (χ1v) is 4.46. The summed E-state index contributed by atoms with van der Waals surface area (Å²) in [5, 5.41) is 0.300. The van der Waals surface area contributed by atoms with Crippen LogP contribution in [0.5, 0.6) is 0 Å². The Kier molecular flexibility index (Phi) is 2.22. The Bertz CT molecular complexity index is 601. The van der Waals surface area contributed by atoms with Gasteiger partial charge in [-0.1, -0.05) is 12.1 Å². The number of rotatable bonds is 0. The van der Waals surface area contributed by atoms with Crippen molar-refractivity contribution < 1.29 is 13.2 Å². The molecule has 0 bridgehead atoms. The molecule has 0 saturated heterocycles. The maximum Gasteiger partial charge on any atom is 0.418 e. The van der Waals surface area contributed by atoms with Crippen LogP contribution in [0.2, 0.25) is 0 Å². The fourth-order valence-electron chi connectivity index (χ4n) is 1.55. The molecule has 0 aliphatic rings. The Labute approximate surface area is 87.9 Å². The first kappa shape index (κ1) is 10.7. The summed E-state index contributed by atoms with van der Waals surface area (Å²) in [7, 11) is 0. The Morgan fingerprint density at radius 2 is 2.00 bits per heavy atom. The molecule has 0 atom stereocenters. The highest BCUT2D eigenvalue weighted by Crippen LogP contribution is 2.33. The Morgan fingerprint density at radius 1 is 1.31 bits per heavy atom. The largest absolute Gasteiger partial charge is 0.418 e. The number of para-hydroxylation sites is 1. The lowest BCUT2D eigenvalue weighted by atomic mass is 10.1. The van der Waals surface area contributed by atoms with Crippen LogP contribution in [0.25, 0.3) is 10.9 Å². The van der Waals surface area contributed by atoms with E-state index in [0.717, 1.165) is 6.07 Å². The van der Waals surface area contributed by atoms with Crippen molar-refractivity contribution in [3.05, 3.63) is 39.9 Å². The Hall–Kier alpha value is -1.85. The number of fused-ring (bicyclic) bond motifs is 1. The van der Waals surface area contributed by atoms with Crippen LogP contribution in [0.15, 0.2) is 23.0 Å². The standard InChI is InChI=1S/C10H7F3N2O/c1-5-6-3-2-4-7(10(11,12)13)8(6)15-9(16)14-5/h2-4H,1H3,(H,14,15,16). The zero-order valence-electron chi connectivity index (χ0n) is 8.22. The zero-order chi connectivity index (χ0) is 11.9. The highest BCUT2D eigenvalue weighted by atomic mass is 19.4. The number of H-pyrrole nitrogens is 1. The van der Waals surface area contributed by atoms with Gasteiger partial charge in [-0.05, 0) is 13.0 Å². The fraction of sp³-hybridized carbons (Fsp3) is 0.200. The number of halogens is 3. The van der Waals surface area contributed by atoms with Crippen LogP contribution in [-0.2, 0) is 6.18 Å². The second-order valence-corrected chi connectivity index (χ2v) is 3.37. The molecule has 2 rings (SSSR count). The molecule has 0 fully saturated rings. The molecule has 0 amide bonds. The average Bonchev–Trinajstić information content (AvgIpc) is 2.15. The number of nitrogens with one attached hydrogen (secondary N) is 1. The molecule has 1 aromatic heterocycles. The maximum absolute atomic E-state index is 12.6. The molecule has 0 radical (unpaired) electrons. The minimum Gasteiger partial charge on any atom is -0.309 e. The molecule has 0 saturated carbocycles. The summed E-state index contributed by atoms with van der Waals surface area (Å²) in [5.74, 6) is 0. The van der Waals surface area contributed by atoms with E-state index < -0.39 is 17.4 Å². The monoisotopic (exact) mass is 228 g/mol. The van der Waals surface area contributed by atoms with Gasteiger partial charge in [0, 0.05) is 11.1 Å². The topological polar surface area (TPSA) is 45.8 Å². The molecule has 1 aromatic carbocycles. The number of benzene rings is 1. The van der Waals surface area contributed by atoms with Gasteiger partial charge < -0.3 is 4.98 Å². The third-order valence-corrected chi connectivity index (χ3v) is 2.25. The van der Waals surface area contributed by atoms with Gasteiger partial charge in [0.2, 0.25) is 0 Å². The lowest BCUT2D eigenvalue weighted by Gasteiger charge is -2.09. The number of nitrogens with zero attached hydrogens (tertiary/aromatic N) is 1. The fourth-order valence-corrected chi connectivity index (χ4v) is 1.55. The van der Waals surface area contributed by atoms with Crippen LogP contribution >= 0.6 is 0 Å². The summed E-state index contributed by atoms with van der Waals surface area (Å²) >= 11 is 0. The number of aryl methyl sites for hydroxylation is 1. The summed E-state index contributed by atoms with van der Waals surface area (Å²) in [6, 6.07) is 3.69. The van der Waals surface area contributed by atoms with Gasteiger partial charge in [0.15, 0.2) is 0 Å². The SMILES string of the molecule is Cc1[nH]c(=O)nc2c(C(F)(F)F)cccc12. The Balaban J connectivity index is 2.93. The summed E-state index contributed by atoms with van der Waals surface area (Å²) in [5.41, 5.74) is -1.60. The minimum absolute atomic E-state index is 0.300. The van der Waals surface area contributed by atoms with Crippen molar-refractivity contribution >= 4 is 10.9 Å². The van der Waals surface area contributed by atoms with E-state index in [1.165, 1.54) is 19.1 Å². The van der Waals surface area contributed by atoms with E-state index >= 15 is 0 Å². The lowest BCUT2D eigenvalue weighted by molar-refractivity contribution is -0.136. The first-order chi connectivity index (χ1) is 7.39. The summed E-state index contributed by atoms with van der Waals surface area (Å²) in [6.07, 6.45) is -4.51. The third-order valence-electron chi connectivity index (χ3n) is 2.25. The van der Waals surface area contributed by atoms with Crippen molar-refractivity contribution in [3.8, 4) is 0 Å². The average molecular weight is 228 g/mol. The quantitative estimate of drug-likeness (QED) is 0.751. The molecule has 0 unspecified atom stereocenters. The molecule has 2 aromatic rings. The van der Waals surface area contributed by atoms with Crippen LogP contribution in [-0.4, -0.2) is 9.97 Å². The molecule has 0 aliphatic carbocycles. The van der Waals surface area contributed by atoms with Gasteiger partial charge in [0.05, 0.1) is 11.1 Å². The highest BCUT2D eigenvalue weighted by Gasteiger charge is 2.33. The summed E-state index contributed by atoms with van der Waals surface area (Å²) in [4.78, 5) is 16.8.